The number of ether oxygens (including phenoxy) is 3. The van der Waals surface area contributed by atoms with E-state index >= 15 is 0 Å². The quantitative estimate of drug-likeness (QED) is 0.473. The van der Waals surface area contributed by atoms with E-state index in [2.05, 4.69) is 5.32 Å². The zero-order chi connectivity index (χ0) is 22.9. The van der Waals surface area contributed by atoms with Gasteiger partial charge in [-0.3, -0.25) is 4.79 Å². The first-order valence-corrected chi connectivity index (χ1v) is 10.5. The standard InChI is InChI=1S/C25H26ClNO5/c1-17-4-3-5-22(12-17)31-16-21(28)14-27-25(29)19-8-11-23(24(13-19)30-2)32-15-18-6-9-20(26)10-7-18/h3-13,21,28H,14-16H2,1-2H3,(H,27,29). The molecule has 168 valence electrons. The molecule has 0 saturated carbocycles. The summed E-state index contributed by atoms with van der Waals surface area (Å²) in [7, 11) is 1.51. The molecule has 3 rings (SSSR count). The number of aliphatic hydroxyl groups excluding tert-OH is 1. The normalized spacial score (nSPS) is 11.5. The van der Waals surface area contributed by atoms with Crippen molar-refractivity contribution in [2.24, 2.45) is 0 Å². The Morgan fingerprint density at radius 2 is 1.81 bits per heavy atom. The predicted octanol–water partition coefficient (Wildman–Crippen LogP) is 4.41. The van der Waals surface area contributed by atoms with Gasteiger partial charge in [-0.05, 0) is 60.5 Å². The highest BCUT2D eigenvalue weighted by Crippen LogP contribution is 2.29. The summed E-state index contributed by atoms with van der Waals surface area (Å²) in [5, 5.41) is 13.5. The van der Waals surface area contributed by atoms with Crippen LogP contribution >= 0.6 is 11.6 Å². The van der Waals surface area contributed by atoms with Crippen molar-refractivity contribution in [1.82, 2.24) is 5.32 Å². The molecule has 2 N–H and O–H groups in total. The van der Waals surface area contributed by atoms with E-state index in [1.807, 2.05) is 43.3 Å². The molecule has 1 amide bonds. The number of benzene rings is 3. The molecule has 0 fully saturated rings. The summed E-state index contributed by atoms with van der Waals surface area (Å²) in [6.45, 7) is 2.43. The van der Waals surface area contributed by atoms with E-state index in [-0.39, 0.29) is 19.1 Å². The SMILES string of the molecule is COc1cc(C(=O)NCC(O)COc2cccc(C)c2)ccc1OCc1ccc(Cl)cc1. The third-order valence-corrected chi connectivity index (χ3v) is 4.92. The highest BCUT2D eigenvalue weighted by atomic mass is 35.5. The summed E-state index contributed by atoms with van der Waals surface area (Å²) >= 11 is 5.90. The molecule has 0 aliphatic heterocycles. The maximum atomic E-state index is 12.5. The van der Waals surface area contributed by atoms with Crippen LogP contribution in [0.2, 0.25) is 5.02 Å². The molecule has 0 heterocycles. The molecule has 3 aromatic carbocycles. The van der Waals surface area contributed by atoms with Crippen LogP contribution in [0.25, 0.3) is 0 Å². The lowest BCUT2D eigenvalue weighted by Gasteiger charge is -2.15. The predicted molar refractivity (Wildman–Crippen MR) is 124 cm³/mol. The van der Waals surface area contributed by atoms with Gasteiger partial charge in [0.25, 0.3) is 5.91 Å². The second-order valence-corrected chi connectivity index (χ2v) is 7.71. The van der Waals surface area contributed by atoms with Crippen molar-refractivity contribution in [2.45, 2.75) is 19.6 Å². The van der Waals surface area contributed by atoms with Gasteiger partial charge in [0.2, 0.25) is 0 Å². The van der Waals surface area contributed by atoms with E-state index in [0.717, 1.165) is 11.1 Å². The van der Waals surface area contributed by atoms with Crippen LogP contribution in [-0.4, -0.2) is 37.4 Å². The topological polar surface area (TPSA) is 77.0 Å². The molecule has 0 aromatic heterocycles. The van der Waals surface area contributed by atoms with Crippen LogP contribution in [-0.2, 0) is 6.61 Å². The minimum atomic E-state index is -0.844. The summed E-state index contributed by atoms with van der Waals surface area (Å²) < 4.78 is 16.7. The highest BCUT2D eigenvalue weighted by molar-refractivity contribution is 6.30. The minimum absolute atomic E-state index is 0.0573. The van der Waals surface area contributed by atoms with Gasteiger partial charge in [0.15, 0.2) is 11.5 Å². The van der Waals surface area contributed by atoms with E-state index in [9.17, 15) is 9.90 Å². The van der Waals surface area contributed by atoms with E-state index in [1.165, 1.54) is 7.11 Å². The average molecular weight is 456 g/mol. The van der Waals surface area contributed by atoms with Crippen LogP contribution in [0.5, 0.6) is 17.2 Å². The molecule has 7 heteroatoms. The summed E-state index contributed by atoms with van der Waals surface area (Å²) in [6, 6.07) is 19.8. The number of amides is 1. The molecule has 3 aromatic rings. The molecular weight excluding hydrogens is 430 g/mol. The smallest absolute Gasteiger partial charge is 0.251 e. The largest absolute Gasteiger partial charge is 0.493 e. The first-order chi connectivity index (χ1) is 15.4. The van der Waals surface area contributed by atoms with Gasteiger partial charge in [0.05, 0.1) is 7.11 Å². The summed E-state index contributed by atoms with van der Waals surface area (Å²) in [5.74, 6) is 1.30. The van der Waals surface area contributed by atoms with E-state index in [0.29, 0.717) is 34.4 Å². The third kappa shape index (κ3) is 6.90. The van der Waals surface area contributed by atoms with Crippen LogP contribution in [0.4, 0.5) is 0 Å². The molecule has 0 radical (unpaired) electrons. The fourth-order valence-corrected chi connectivity index (χ4v) is 3.06. The summed E-state index contributed by atoms with van der Waals surface area (Å²) in [4.78, 5) is 12.5. The molecule has 0 bridgehead atoms. The highest BCUT2D eigenvalue weighted by Gasteiger charge is 2.13. The molecule has 6 nitrogen and oxygen atoms in total. The van der Waals surface area contributed by atoms with Crippen molar-refractivity contribution < 1.29 is 24.1 Å². The Hall–Kier alpha value is -3.22. The Labute approximate surface area is 192 Å². The van der Waals surface area contributed by atoms with Gasteiger partial charge in [-0.1, -0.05) is 35.9 Å². The van der Waals surface area contributed by atoms with Crippen LogP contribution < -0.4 is 19.5 Å². The van der Waals surface area contributed by atoms with Crippen molar-refractivity contribution in [2.75, 3.05) is 20.3 Å². The van der Waals surface area contributed by atoms with Gasteiger partial charge in [-0.25, -0.2) is 0 Å². The van der Waals surface area contributed by atoms with E-state index < -0.39 is 6.10 Å². The number of hydrogen-bond donors (Lipinski definition) is 2. The fourth-order valence-electron chi connectivity index (χ4n) is 2.94. The second kappa shape index (κ2) is 11.4. The average Bonchev–Trinajstić information content (AvgIpc) is 2.80. The molecule has 1 atom stereocenters. The molecular formula is C25H26ClNO5. The Bertz CT molecular complexity index is 1040. The van der Waals surface area contributed by atoms with Crippen LogP contribution in [0, 0.1) is 6.92 Å². The molecule has 0 aliphatic carbocycles. The van der Waals surface area contributed by atoms with Gasteiger partial charge < -0.3 is 24.6 Å². The van der Waals surface area contributed by atoms with Crippen molar-refractivity contribution in [3.63, 3.8) is 0 Å². The molecule has 0 aliphatic rings. The molecule has 0 saturated heterocycles. The van der Waals surface area contributed by atoms with E-state index in [4.69, 9.17) is 25.8 Å². The van der Waals surface area contributed by atoms with Crippen LogP contribution in [0.1, 0.15) is 21.5 Å². The number of rotatable bonds is 10. The number of carbonyl (C=O) groups is 1. The summed E-state index contributed by atoms with van der Waals surface area (Å²) in [6.07, 6.45) is -0.844. The number of hydrogen-bond acceptors (Lipinski definition) is 5. The molecule has 32 heavy (non-hydrogen) atoms. The van der Waals surface area contributed by atoms with Gasteiger partial charge in [-0.2, -0.15) is 0 Å². The first-order valence-electron chi connectivity index (χ1n) is 10.2. The van der Waals surface area contributed by atoms with Crippen molar-refractivity contribution in [3.05, 3.63) is 88.4 Å². The number of methoxy groups -OCH3 is 1. The van der Waals surface area contributed by atoms with Crippen LogP contribution in [0.15, 0.2) is 66.7 Å². The Balaban J connectivity index is 1.51. The maximum Gasteiger partial charge on any atom is 0.251 e. The van der Waals surface area contributed by atoms with Crippen molar-refractivity contribution in [1.29, 1.82) is 0 Å². The van der Waals surface area contributed by atoms with Crippen molar-refractivity contribution in [3.8, 4) is 17.2 Å². The molecule has 1 unspecified atom stereocenters. The fraction of sp³-hybridized carbons (Fsp3) is 0.240. The van der Waals surface area contributed by atoms with Gasteiger partial charge in [0, 0.05) is 17.1 Å². The van der Waals surface area contributed by atoms with Gasteiger partial charge in [0.1, 0.15) is 25.1 Å². The van der Waals surface area contributed by atoms with E-state index in [1.54, 1.807) is 30.3 Å². The maximum absolute atomic E-state index is 12.5. The minimum Gasteiger partial charge on any atom is -0.493 e. The first kappa shape index (κ1) is 23.4. The number of aryl methyl sites for hydroxylation is 1. The Morgan fingerprint density at radius 3 is 2.53 bits per heavy atom. The zero-order valence-corrected chi connectivity index (χ0v) is 18.8. The monoisotopic (exact) mass is 455 g/mol. The lowest BCUT2D eigenvalue weighted by molar-refractivity contribution is 0.0843. The number of aliphatic hydroxyl groups is 1. The Kier molecular flexibility index (Phi) is 8.36. The third-order valence-electron chi connectivity index (χ3n) is 4.66. The lowest BCUT2D eigenvalue weighted by Crippen LogP contribution is -2.35. The lowest BCUT2D eigenvalue weighted by atomic mass is 10.2. The zero-order valence-electron chi connectivity index (χ0n) is 18.0. The van der Waals surface area contributed by atoms with Crippen molar-refractivity contribution >= 4 is 17.5 Å². The summed E-state index contributed by atoms with van der Waals surface area (Å²) in [5.41, 5.74) is 2.42. The van der Waals surface area contributed by atoms with Gasteiger partial charge >= 0.3 is 0 Å². The van der Waals surface area contributed by atoms with Crippen LogP contribution in [0.3, 0.4) is 0 Å². The second-order valence-electron chi connectivity index (χ2n) is 7.27. The number of carbonyl (C=O) groups excluding carboxylic acids is 1. The molecule has 0 spiro atoms. The number of nitrogens with one attached hydrogen (secondary N) is 1. The number of halogens is 1. The van der Waals surface area contributed by atoms with Gasteiger partial charge in [-0.15, -0.1) is 0 Å². The Morgan fingerprint density at radius 1 is 1.03 bits per heavy atom.